The third kappa shape index (κ3) is 1.52. The fourth-order valence-electron chi connectivity index (χ4n) is 3.30. The number of thiol groups is 1. The third-order valence-corrected chi connectivity index (χ3v) is 4.50. The van der Waals surface area contributed by atoms with Gasteiger partial charge in [0.25, 0.3) is 0 Å². The molecule has 2 nitrogen and oxygen atoms in total. The van der Waals surface area contributed by atoms with Crippen molar-refractivity contribution in [1.82, 2.24) is 5.16 Å². The first kappa shape index (κ1) is 9.76. The summed E-state index contributed by atoms with van der Waals surface area (Å²) < 4.78 is 5.38. The highest BCUT2D eigenvalue weighted by atomic mass is 32.1. The molecule has 0 saturated heterocycles. The van der Waals surface area contributed by atoms with Crippen molar-refractivity contribution >= 4 is 12.6 Å². The van der Waals surface area contributed by atoms with E-state index in [1.165, 1.54) is 44.1 Å². The molecular weight excluding hydrogens is 206 g/mol. The average molecular weight is 223 g/mol. The van der Waals surface area contributed by atoms with Gasteiger partial charge in [0.05, 0.1) is 5.69 Å². The van der Waals surface area contributed by atoms with Crippen LogP contribution in [0, 0.1) is 5.41 Å². The van der Waals surface area contributed by atoms with E-state index in [0.29, 0.717) is 5.41 Å². The Morgan fingerprint density at radius 3 is 2.80 bits per heavy atom. The molecule has 2 aliphatic rings. The molecule has 0 aromatic carbocycles. The molecule has 0 amide bonds. The minimum Gasteiger partial charge on any atom is -0.361 e. The number of fused-ring (bicyclic) bond motifs is 1. The van der Waals surface area contributed by atoms with Crippen LogP contribution in [0.2, 0.25) is 0 Å². The third-order valence-electron chi connectivity index (χ3n) is 4.20. The summed E-state index contributed by atoms with van der Waals surface area (Å²) in [6, 6.07) is 0. The lowest BCUT2D eigenvalue weighted by Gasteiger charge is -2.32. The Morgan fingerprint density at radius 2 is 2.07 bits per heavy atom. The van der Waals surface area contributed by atoms with Crippen LogP contribution in [0.4, 0.5) is 0 Å². The second-order valence-corrected chi connectivity index (χ2v) is 5.39. The van der Waals surface area contributed by atoms with Gasteiger partial charge in [0, 0.05) is 17.7 Å². The molecule has 0 aliphatic heterocycles. The van der Waals surface area contributed by atoms with Gasteiger partial charge in [0.1, 0.15) is 5.76 Å². The predicted molar refractivity (Wildman–Crippen MR) is 62.1 cm³/mol. The molecule has 1 aromatic heterocycles. The molecule has 1 spiro atoms. The van der Waals surface area contributed by atoms with Crippen LogP contribution in [0.3, 0.4) is 0 Å². The van der Waals surface area contributed by atoms with E-state index in [4.69, 9.17) is 4.52 Å². The molecule has 2 aliphatic carbocycles. The van der Waals surface area contributed by atoms with Crippen molar-refractivity contribution in [2.45, 2.75) is 50.7 Å². The Morgan fingerprint density at radius 1 is 1.27 bits per heavy atom. The van der Waals surface area contributed by atoms with Crippen molar-refractivity contribution in [2.75, 3.05) is 0 Å². The van der Waals surface area contributed by atoms with E-state index >= 15 is 0 Å². The second kappa shape index (κ2) is 3.55. The number of aromatic nitrogens is 1. The Kier molecular flexibility index (Phi) is 2.31. The predicted octanol–water partition coefficient (Wildman–Crippen LogP) is 3.15. The minimum atomic E-state index is 0.594. The first-order valence-corrected chi connectivity index (χ1v) is 6.53. The van der Waals surface area contributed by atoms with E-state index in [2.05, 4.69) is 17.8 Å². The Labute approximate surface area is 95.8 Å². The van der Waals surface area contributed by atoms with Crippen LogP contribution in [0.15, 0.2) is 4.52 Å². The summed E-state index contributed by atoms with van der Waals surface area (Å²) in [5, 5.41) is 4.12. The lowest BCUT2D eigenvalue weighted by molar-refractivity contribution is 0.236. The lowest BCUT2D eigenvalue weighted by atomic mass is 9.72. The number of aryl methyl sites for hydroxylation is 1. The minimum absolute atomic E-state index is 0.594. The van der Waals surface area contributed by atoms with E-state index < -0.39 is 0 Å². The maximum Gasteiger partial charge on any atom is 0.140 e. The maximum absolute atomic E-state index is 5.38. The van der Waals surface area contributed by atoms with E-state index in [9.17, 15) is 0 Å². The summed E-state index contributed by atoms with van der Waals surface area (Å²) in [7, 11) is 0. The smallest absolute Gasteiger partial charge is 0.140 e. The van der Waals surface area contributed by atoms with E-state index in [1.807, 2.05) is 0 Å². The summed E-state index contributed by atoms with van der Waals surface area (Å²) in [5.74, 6) is 1.85. The zero-order chi connectivity index (χ0) is 10.3. The van der Waals surface area contributed by atoms with Crippen molar-refractivity contribution in [3.8, 4) is 0 Å². The zero-order valence-corrected chi connectivity index (χ0v) is 9.85. The van der Waals surface area contributed by atoms with Gasteiger partial charge in [-0.15, -0.1) is 0 Å². The summed E-state index contributed by atoms with van der Waals surface area (Å²) in [5.41, 5.74) is 3.06. The molecule has 0 bridgehead atoms. The van der Waals surface area contributed by atoms with Gasteiger partial charge in [-0.1, -0.05) is 18.0 Å². The van der Waals surface area contributed by atoms with Crippen molar-refractivity contribution in [3.63, 3.8) is 0 Å². The van der Waals surface area contributed by atoms with E-state index in [1.54, 1.807) is 0 Å². The summed E-state index contributed by atoms with van der Waals surface area (Å²) in [6.45, 7) is 0. The second-order valence-electron chi connectivity index (χ2n) is 5.07. The van der Waals surface area contributed by atoms with Crippen molar-refractivity contribution in [2.24, 2.45) is 5.41 Å². The summed E-state index contributed by atoms with van der Waals surface area (Å²) >= 11 is 4.32. The highest BCUT2D eigenvalue weighted by Crippen LogP contribution is 2.48. The Bertz CT molecular complexity index is 352. The molecule has 3 heteroatoms. The van der Waals surface area contributed by atoms with E-state index in [-0.39, 0.29) is 0 Å². The fourth-order valence-corrected chi connectivity index (χ4v) is 3.55. The van der Waals surface area contributed by atoms with Crippen molar-refractivity contribution in [3.05, 3.63) is 17.0 Å². The van der Waals surface area contributed by atoms with Gasteiger partial charge in [0.15, 0.2) is 0 Å². The average Bonchev–Trinajstić information content (AvgIpc) is 2.85. The van der Waals surface area contributed by atoms with Crippen LogP contribution in [0.5, 0.6) is 0 Å². The quantitative estimate of drug-likeness (QED) is 0.740. The molecule has 1 saturated carbocycles. The highest BCUT2D eigenvalue weighted by molar-refractivity contribution is 7.79. The summed E-state index contributed by atoms with van der Waals surface area (Å²) in [6.07, 6.45) is 9.24. The van der Waals surface area contributed by atoms with Crippen LogP contribution < -0.4 is 0 Å². The molecule has 82 valence electrons. The van der Waals surface area contributed by atoms with Gasteiger partial charge in [-0.25, -0.2) is 0 Å². The Hall–Kier alpha value is -0.440. The first-order chi connectivity index (χ1) is 7.33. The Balaban J connectivity index is 1.93. The van der Waals surface area contributed by atoms with Crippen LogP contribution in [-0.4, -0.2) is 5.16 Å². The van der Waals surface area contributed by atoms with Gasteiger partial charge < -0.3 is 4.52 Å². The normalized spacial score (nSPS) is 23.3. The number of rotatable bonds is 1. The standard InChI is InChI=1S/C12H17NOS/c15-8-10-9-7-12(4-1-2-5-12)6-3-11(9)14-13-10/h15H,1-8H2. The molecule has 0 atom stereocenters. The first-order valence-electron chi connectivity index (χ1n) is 5.90. The fraction of sp³-hybridized carbons (Fsp3) is 0.750. The van der Waals surface area contributed by atoms with Crippen molar-refractivity contribution < 1.29 is 4.52 Å². The SMILES string of the molecule is SCc1noc2c1CC1(CCCC1)CC2. The molecule has 1 fully saturated rings. The van der Waals surface area contributed by atoms with E-state index in [0.717, 1.165) is 23.6 Å². The molecule has 1 heterocycles. The molecular formula is C12H17NOS. The van der Waals surface area contributed by atoms with Crippen LogP contribution in [0.1, 0.15) is 49.1 Å². The number of hydrogen-bond donors (Lipinski definition) is 1. The molecule has 1 aromatic rings. The monoisotopic (exact) mass is 223 g/mol. The van der Waals surface area contributed by atoms with Crippen molar-refractivity contribution in [1.29, 1.82) is 0 Å². The van der Waals surface area contributed by atoms with Crippen LogP contribution in [0.25, 0.3) is 0 Å². The number of hydrogen-bond acceptors (Lipinski definition) is 3. The zero-order valence-electron chi connectivity index (χ0n) is 8.96. The lowest BCUT2D eigenvalue weighted by Crippen LogP contribution is -2.25. The molecule has 3 rings (SSSR count). The molecule has 0 unspecified atom stereocenters. The summed E-state index contributed by atoms with van der Waals surface area (Å²) in [4.78, 5) is 0. The number of nitrogens with zero attached hydrogens (tertiary/aromatic N) is 1. The van der Waals surface area contributed by atoms with Crippen LogP contribution in [-0.2, 0) is 18.6 Å². The van der Waals surface area contributed by atoms with Gasteiger partial charge in [-0.3, -0.25) is 0 Å². The molecule has 0 N–H and O–H groups in total. The van der Waals surface area contributed by atoms with Crippen LogP contribution >= 0.6 is 12.6 Å². The topological polar surface area (TPSA) is 26.0 Å². The van der Waals surface area contributed by atoms with Gasteiger partial charge in [-0.2, -0.15) is 12.6 Å². The maximum atomic E-state index is 5.38. The molecule has 15 heavy (non-hydrogen) atoms. The highest BCUT2D eigenvalue weighted by Gasteiger charge is 2.39. The largest absolute Gasteiger partial charge is 0.361 e. The van der Waals surface area contributed by atoms with Gasteiger partial charge >= 0.3 is 0 Å². The molecule has 0 radical (unpaired) electrons. The van der Waals surface area contributed by atoms with Gasteiger partial charge in [-0.05, 0) is 31.1 Å². The van der Waals surface area contributed by atoms with Gasteiger partial charge in [0.2, 0.25) is 0 Å².